The summed E-state index contributed by atoms with van der Waals surface area (Å²) in [6.07, 6.45) is 5.43. The number of rotatable bonds is 6. The number of primary sulfonamides is 1. The molecule has 0 bridgehead atoms. The zero-order chi connectivity index (χ0) is 21.9. The molecule has 1 amide bonds. The number of benzene rings is 2. The Hall–Kier alpha value is -2.27. The molecule has 0 unspecified atom stereocenters. The van der Waals surface area contributed by atoms with Crippen molar-refractivity contribution in [2.45, 2.75) is 54.4 Å². The van der Waals surface area contributed by atoms with Crippen molar-refractivity contribution >= 4 is 26.0 Å². The Morgan fingerprint density at radius 2 is 1.63 bits per heavy atom. The quantitative estimate of drug-likeness (QED) is 0.611. The first-order valence-corrected chi connectivity index (χ1v) is 12.6. The topological polar surface area (TPSA) is 144 Å². The van der Waals surface area contributed by atoms with Crippen LogP contribution in [0.5, 0.6) is 0 Å². The molecule has 1 saturated carbocycles. The van der Waals surface area contributed by atoms with Gasteiger partial charge in [0.2, 0.25) is 10.0 Å². The second kappa shape index (κ2) is 8.84. The number of carbonyl (C=O) groups excluding carboxylic acids is 1. The summed E-state index contributed by atoms with van der Waals surface area (Å²) in [5, 5.41) is 14.9. The third-order valence-electron chi connectivity index (χ3n) is 5.29. The van der Waals surface area contributed by atoms with Crippen molar-refractivity contribution in [3.05, 3.63) is 59.2 Å². The second-order valence-electron chi connectivity index (χ2n) is 7.33. The van der Waals surface area contributed by atoms with E-state index >= 15 is 0 Å². The van der Waals surface area contributed by atoms with Crippen LogP contribution in [0.3, 0.4) is 0 Å². The molecule has 10 heteroatoms. The normalized spacial score (nSPS) is 15.7. The number of nitrogens with two attached hydrogens (primary N) is 1. The molecule has 4 N–H and O–H groups in total. The lowest BCUT2D eigenvalue weighted by Crippen LogP contribution is -2.32. The van der Waals surface area contributed by atoms with Crippen LogP contribution in [-0.2, 0) is 26.7 Å². The van der Waals surface area contributed by atoms with Crippen LogP contribution >= 0.6 is 0 Å². The van der Waals surface area contributed by atoms with Gasteiger partial charge in [-0.3, -0.25) is 4.79 Å². The molecule has 1 aliphatic rings. The first-order chi connectivity index (χ1) is 14.1. The van der Waals surface area contributed by atoms with Crippen molar-refractivity contribution in [2.24, 2.45) is 5.14 Å². The fourth-order valence-electron chi connectivity index (χ4n) is 3.84. The number of carbonyl (C=O) groups is 1. The average molecular weight is 453 g/mol. The molecule has 2 aromatic rings. The summed E-state index contributed by atoms with van der Waals surface area (Å²) in [7, 11) is -8.80. The largest absolute Gasteiger partial charge is 0.392 e. The Balaban J connectivity index is 1.89. The van der Waals surface area contributed by atoms with Crippen LogP contribution in [0.15, 0.2) is 52.3 Å². The molecule has 1 aliphatic carbocycles. The Kier molecular flexibility index (Phi) is 6.61. The van der Waals surface area contributed by atoms with E-state index in [0.29, 0.717) is 11.5 Å². The van der Waals surface area contributed by atoms with Crippen LogP contribution in [0.1, 0.15) is 59.5 Å². The molecule has 0 atom stereocenters. The van der Waals surface area contributed by atoms with Crippen LogP contribution in [0.4, 0.5) is 0 Å². The zero-order valence-corrected chi connectivity index (χ0v) is 17.9. The standard InChI is InChI=1S/C20H24N2O6S2/c21-29(25,26)18-8-4-5-9-19(18)30(27,28)22-20(24)15-10-11-17(16(12-15)13-23)14-6-2-1-3-7-14/h4-5,8-12,14,23H,1-3,6-7,13H2,(H,22,24)(H2,21,25,26). The minimum atomic E-state index is -4.49. The van der Waals surface area contributed by atoms with Crippen LogP contribution < -0.4 is 9.86 Å². The number of nitrogens with one attached hydrogen (secondary N) is 1. The highest BCUT2D eigenvalue weighted by atomic mass is 32.2. The van der Waals surface area contributed by atoms with Gasteiger partial charge in [-0.05, 0) is 54.2 Å². The summed E-state index contributed by atoms with van der Waals surface area (Å²) in [5.74, 6) is -0.618. The van der Waals surface area contributed by atoms with Crippen molar-refractivity contribution in [1.82, 2.24) is 4.72 Å². The smallest absolute Gasteiger partial charge is 0.265 e. The van der Waals surface area contributed by atoms with E-state index in [1.54, 1.807) is 6.07 Å². The van der Waals surface area contributed by atoms with E-state index in [0.717, 1.165) is 43.4 Å². The van der Waals surface area contributed by atoms with Crippen molar-refractivity contribution in [2.75, 3.05) is 0 Å². The number of hydrogen-bond donors (Lipinski definition) is 3. The van der Waals surface area contributed by atoms with E-state index in [-0.39, 0.29) is 12.2 Å². The van der Waals surface area contributed by atoms with Gasteiger partial charge in [-0.25, -0.2) is 26.7 Å². The third-order valence-corrected chi connectivity index (χ3v) is 7.78. The molecule has 2 aromatic carbocycles. The number of aliphatic hydroxyl groups is 1. The summed E-state index contributed by atoms with van der Waals surface area (Å²) in [6, 6.07) is 9.51. The van der Waals surface area contributed by atoms with E-state index in [4.69, 9.17) is 5.14 Å². The summed E-state index contributed by atoms with van der Waals surface area (Å²) in [4.78, 5) is 11.4. The Morgan fingerprint density at radius 3 is 2.23 bits per heavy atom. The van der Waals surface area contributed by atoms with E-state index in [9.17, 15) is 26.7 Å². The molecule has 0 heterocycles. The zero-order valence-electron chi connectivity index (χ0n) is 16.2. The maximum Gasteiger partial charge on any atom is 0.265 e. The Morgan fingerprint density at radius 1 is 1.00 bits per heavy atom. The summed E-state index contributed by atoms with van der Waals surface area (Å²) >= 11 is 0. The predicted molar refractivity (Wildman–Crippen MR) is 111 cm³/mol. The fraction of sp³-hybridized carbons (Fsp3) is 0.350. The number of aliphatic hydroxyl groups excluding tert-OH is 1. The van der Waals surface area contributed by atoms with Gasteiger partial charge in [0.1, 0.15) is 9.79 Å². The molecular formula is C20H24N2O6S2. The van der Waals surface area contributed by atoms with Gasteiger partial charge in [0.25, 0.3) is 15.9 Å². The number of amides is 1. The van der Waals surface area contributed by atoms with E-state index in [1.807, 2.05) is 4.72 Å². The van der Waals surface area contributed by atoms with Gasteiger partial charge in [0.05, 0.1) is 6.61 Å². The highest BCUT2D eigenvalue weighted by Crippen LogP contribution is 2.34. The van der Waals surface area contributed by atoms with E-state index in [1.165, 1.54) is 30.7 Å². The first kappa shape index (κ1) is 22.4. The molecule has 0 spiro atoms. The number of hydrogen-bond acceptors (Lipinski definition) is 6. The molecule has 0 saturated heterocycles. The third kappa shape index (κ3) is 4.89. The van der Waals surface area contributed by atoms with Gasteiger partial charge in [0, 0.05) is 5.56 Å². The van der Waals surface area contributed by atoms with E-state index in [2.05, 4.69) is 0 Å². The molecule has 0 radical (unpaired) electrons. The van der Waals surface area contributed by atoms with Crippen molar-refractivity contribution < 1.29 is 26.7 Å². The Bertz CT molecular complexity index is 1150. The monoisotopic (exact) mass is 452 g/mol. The lowest BCUT2D eigenvalue weighted by molar-refractivity contribution is 0.0981. The molecule has 0 aromatic heterocycles. The van der Waals surface area contributed by atoms with Gasteiger partial charge in [-0.1, -0.05) is 37.5 Å². The number of sulfonamides is 2. The molecule has 3 rings (SSSR count). The SMILES string of the molecule is NS(=O)(=O)c1ccccc1S(=O)(=O)NC(=O)c1ccc(C2CCCCC2)c(CO)c1. The lowest BCUT2D eigenvalue weighted by Gasteiger charge is -2.24. The molecule has 162 valence electrons. The fourth-order valence-corrected chi connectivity index (χ4v) is 6.20. The van der Waals surface area contributed by atoms with Gasteiger partial charge in [0.15, 0.2) is 0 Å². The van der Waals surface area contributed by atoms with Crippen LogP contribution in [0, 0.1) is 0 Å². The maximum atomic E-state index is 12.7. The molecule has 1 fully saturated rings. The first-order valence-electron chi connectivity index (χ1n) is 9.56. The van der Waals surface area contributed by atoms with Crippen LogP contribution in [0.2, 0.25) is 0 Å². The van der Waals surface area contributed by atoms with Gasteiger partial charge >= 0.3 is 0 Å². The molecule has 8 nitrogen and oxygen atoms in total. The van der Waals surface area contributed by atoms with Crippen molar-refractivity contribution in [1.29, 1.82) is 0 Å². The average Bonchev–Trinajstić information content (AvgIpc) is 2.73. The lowest BCUT2D eigenvalue weighted by atomic mass is 9.82. The minimum absolute atomic E-state index is 0.0512. The van der Waals surface area contributed by atoms with Gasteiger partial charge in [-0.15, -0.1) is 0 Å². The molecular weight excluding hydrogens is 428 g/mol. The van der Waals surface area contributed by atoms with Gasteiger partial charge < -0.3 is 5.11 Å². The van der Waals surface area contributed by atoms with Gasteiger partial charge in [-0.2, -0.15) is 0 Å². The Labute approximate surface area is 176 Å². The predicted octanol–water partition coefficient (Wildman–Crippen LogP) is 1.99. The summed E-state index contributed by atoms with van der Waals surface area (Å²) in [6.45, 7) is -0.270. The molecule has 30 heavy (non-hydrogen) atoms. The summed E-state index contributed by atoms with van der Waals surface area (Å²) in [5.41, 5.74) is 1.60. The van der Waals surface area contributed by atoms with Crippen LogP contribution in [0.25, 0.3) is 0 Å². The molecule has 0 aliphatic heterocycles. The minimum Gasteiger partial charge on any atom is -0.392 e. The highest BCUT2D eigenvalue weighted by Gasteiger charge is 2.27. The van der Waals surface area contributed by atoms with Crippen molar-refractivity contribution in [3.8, 4) is 0 Å². The highest BCUT2D eigenvalue weighted by molar-refractivity contribution is 7.92. The van der Waals surface area contributed by atoms with Crippen molar-refractivity contribution in [3.63, 3.8) is 0 Å². The maximum absolute atomic E-state index is 12.7. The summed E-state index contributed by atoms with van der Waals surface area (Å²) < 4.78 is 50.6. The second-order valence-corrected chi connectivity index (χ2v) is 10.5. The van der Waals surface area contributed by atoms with Crippen LogP contribution in [-0.4, -0.2) is 27.8 Å². The van der Waals surface area contributed by atoms with E-state index < -0.39 is 35.7 Å².